The van der Waals surface area contributed by atoms with E-state index in [4.69, 9.17) is 0 Å². The Morgan fingerprint density at radius 1 is 1.19 bits per heavy atom. The molecule has 2 aliphatic carbocycles. The van der Waals surface area contributed by atoms with E-state index >= 15 is 0 Å². The minimum Gasteiger partial charge on any atom is -0.356 e. The summed E-state index contributed by atoms with van der Waals surface area (Å²) in [4.78, 5) is 18.0. The van der Waals surface area contributed by atoms with Crippen LogP contribution >= 0.6 is 24.0 Å². The molecule has 1 aromatic rings. The molecule has 5 nitrogen and oxygen atoms in total. The molecule has 0 radical (unpaired) electrons. The molecule has 2 saturated carbocycles. The van der Waals surface area contributed by atoms with Crippen molar-refractivity contribution in [2.75, 3.05) is 34.2 Å². The van der Waals surface area contributed by atoms with Crippen LogP contribution in [0.1, 0.15) is 41.6 Å². The highest BCUT2D eigenvalue weighted by Gasteiger charge is 2.41. The molecule has 0 bridgehead atoms. The van der Waals surface area contributed by atoms with Crippen molar-refractivity contribution in [1.29, 1.82) is 0 Å². The number of halogens is 1. The third-order valence-electron chi connectivity index (χ3n) is 5.47. The molecule has 1 aromatic carbocycles. The molecule has 0 heterocycles. The highest BCUT2D eigenvalue weighted by molar-refractivity contribution is 14.0. The minimum atomic E-state index is 0. The molecule has 2 fully saturated rings. The van der Waals surface area contributed by atoms with E-state index in [0.29, 0.717) is 0 Å². The number of hydrogen-bond acceptors (Lipinski definition) is 2. The van der Waals surface area contributed by atoms with Crippen molar-refractivity contribution in [3.05, 3.63) is 35.4 Å². The largest absolute Gasteiger partial charge is 0.356 e. The van der Waals surface area contributed by atoms with Crippen LogP contribution in [0.25, 0.3) is 0 Å². The summed E-state index contributed by atoms with van der Waals surface area (Å²) in [6.45, 7) is 1.85. The van der Waals surface area contributed by atoms with E-state index in [9.17, 15) is 4.79 Å². The Labute approximate surface area is 180 Å². The van der Waals surface area contributed by atoms with Crippen molar-refractivity contribution in [2.24, 2.45) is 22.7 Å². The third kappa shape index (κ3) is 6.66. The first kappa shape index (κ1) is 22.0. The van der Waals surface area contributed by atoms with Crippen LogP contribution < -0.4 is 10.6 Å². The van der Waals surface area contributed by atoms with Crippen LogP contribution in [-0.4, -0.2) is 51.0 Å². The first-order chi connectivity index (χ1) is 12.6. The molecule has 0 atom stereocenters. The van der Waals surface area contributed by atoms with Gasteiger partial charge in [-0.3, -0.25) is 9.79 Å². The van der Waals surface area contributed by atoms with Gasteiger partial charge in [0.05, 0.1) is 0 Å². The van der Waals surface area contributed by atoms with Gasteiger partial charge in [-0.15, -0.1) is 24.0 Å². The maximum Gasteiger partial charge on any atom is 0.253 e. The highest BCUT2D eigenvalue weighted by Crippen LogP contribution is 2.48. The first-order valence-corrected chi connectivity index (χ1v) is 9.83. The van der Waals surface area contributed by atoms with E-state index in [0.717, 1.165) is 54.4 Å². The van der Waals surface area contributed by atoms with Gasteiger partial charge in [-0.05, 0) is 67.6 Å². The van der Waals surface area contributed by atoms with Crippen LogP contribution in [0.4, 0.5) is 0 Å². The van der Waals surface area contributed by atoms with Crippen LogP contribution in [0, 0.1) is 17.8 Å². The number of nitrogens with zero attached hydrogens (tertiary/aromatic N) is 2. The lowest BCUT2D eigenvalue weighted by Gasteiger charge is -2.19. The Bertz CT molecular complexity index is 641. The molecule has 0 unspecified atom stereocenters. The van der Waals surface area contributed by atoms with Crippen molar-refractivity contribution in [3.63, 3.8) is 0 Å². The van der Waals surface area contributed by atoms with Gasteiger partial charge in [0, 0.05) is 39.8 Å². The lowest BCUT2D eigenvalue weighted by Crippen LogP contribution is -2.41. The van der Waals surface area contributed by atoms with Crippen LogP contribution in [0.3, 0.4) is 0 Å². The van der Waals surface area contributed by atoms with Crippen molar-refractivity contribution in [3.8, 4) is 0 Å². The Morgan fingerprint density at radius 3 is 2.41 bits per heavy atom. The van der Waals surface area contributed by atoms with Gasteiger partial charge in [-0.1, -0.05) is 12.1 Å². The van der Waals surface area contributed by atoms with E-state index in [1.54, 1.807) is 19.0 Å². The number of guanidine groups is 1. The number of hydrogen-bond donors (Lipinski definition) is 2. The number of carbonyl (C=O) groups is 1. The smallest absolute Gasteiger partial charge is 0.253 e. The van der Waals surface area contributed by atoms with E-state index in [1.807, 2.05) is 25.2 Å². The fourth-order valence-electron chi connectivity index (χ4n) is 3.65. The summed E-state index contributed by atoms with van der Waals surface area (Å²) in [7, 11) is 5.39. The molecule has 6 heteroatoms. The number of nitrogens with one attached hydrogen (secondary N) is 2. The Kier molecular flexibility index (Phi) is 8.38. The highest BCUT2D eigenvalue weighted by atomic mass is 127. The van der Waals surface area contributed by atoms with Gasteiger partial charge in [0.15, 0.2) is 5.96 Å². The standard InChI is InChI=1S/C21H32N4O.HI/c1-22-21(24-14-19(16-7-8-16)17-9-10-17)23-12-11-15-5-4-6-18(13-15)20(26)25(2)3;/h4-6,13,16-17,19H,7-12,14H2,1-3H3,(H2,22,23,24);1H. The summed E-state index contributed by atoms with van der Waals surface area (Å²) in [5.41, 5.74) is 1.90. The van der Waals surface area contributed by atoms with Crippen LogP contribution in [0.15, 0.2) is 29.3 Å². The van der Waals surface area contributed by atoms with Gasteiger partial charge in [0.1, 0.15) is 0 Å². The fourth-order valence-corrected chi connectivity index (χ4v) is 3.65. The molecule has 0 aromatic heterocycles. The maximum atomic E-state index is 12.1. The van der Waals surface area contributed by atoms with E-state index in [-0.39, 0.29) is 29.9 Å². The molecule has 2 aliphatic rings. The van der Waals surface area contributed by atoms with E-state index in [2.05, 4.69) is 21.7 Å². The van der Waals surface area contributed by atoms with Crippen molar-refractivity contribution >= 4 is 35.8 Å². The topological polar surface area (TPSA) is 56.7 Å². The third-order valence-corrected chi connectivity index (χ3v) is 5.47. The maximum absolute atomic E-state index is 12.1. The second-order valence-electron chi connectivity index (χ2n) is 7.87. The zero-order valence-electron chi connectivity index (χ0n) is 16.7. The summed E-state index contributed by atoms with van der Waals surface area (Å²) in [6.07, 6.45) is 6.52. The second-order valence-corrected chi connectivity index (χ2v) is 7.87. The fraction of sp³-hybridized carbons (Fsp3) is 0.619. The second kappa shape index (κ2) is 10.3. The van der Waals surface area contributed by atoms with Gasteiger partial charge in [0.25, 0.3) is 5.91 Å². The zero-order chi connectivity index (χ0) is 18.5. The van der Waals surface area contributed by atoms with Crippen molar-refractivity contribution < 1.29 is 4.79 Å². The monoisotopic (exact) mass is 484 g/mol. The summed E-state index contributed by atoms with van der Waals surface area (Å²) in [5, 5.41) is 6.93. The molecule has 27 heavy (non-hydrogen) atoms. The number of amides is 1. The van der Waals surface area contributed by atoms with Gasteiger partial charge in [-0.2, -0.15) is 0 Å². The summed E-state index contributed by atoms with van der Waals surface area (Å²) >= 11 is 0. The molecular weight excluding hydrogens is 451 g/mol. The number of carbonyl (C=O) groups excluding carboxylic acids is 1. The molecule has 150 valence electrons. The van der Waals surface area contributed by atoms with Crippen LogP contribution in [0.5, 0.6) is 0 Å². The van der Waals surface area contributed by atoms with Gasteiger partial charge < -0.3 is 15.5 Å². The minimum absolute atomic E-state index is 0. The van der Waals surface area contributed by atoms with Crippen LogP contribution in [0.2, 0.25) is 0 Å². The first-order valence-electron chi connectivity index (χ1n) is 9.83. The lowest BCUT2D eigenvalue weighted by molar-refractivity contribution is 0.0827. The Morgan fingerprint density at radius 2 is 1.85 bits per heavy atom. The van der Waals surface area contributed by atoms with Gasteiger partial charge in [0.2, 0.25) is 0 Å². The van der Waals surface area contributed by atoms with Gasteiger partial charge in [-0.25, -0.2) is 0 Å². The number of benzene rings is 1. The van der Waals surface area contributed by atoms with Crippen molar-refractivity contribution in [1.82, 2.24) is 15.5 Å². The lowest BCUT2D eigenvalue weighted by atomic mass is 9.98. The Hall–Kier alpha value is -1.31. The molecule has 2 N–H and O–H groups in total. The molecule has 0 saturated heterocycles. The number of aliphatic imine (C=N–C) groups is 1. The molecule has 0 aliphatic heterocycles. The molecule has 3 rings (SSSR count). The molecule has 1 amide bonds. The summed E-state index contributed by atoms with van der Waals surface area (Å²) in [5.74, 6) is 3.66. The summed E-state index contributed by atoms with van der Waals surface area (Å²) < 4.78 is 0. The molecule has 0 spiro atoms. The average Bonchev–Trinajstić information content (AvgIpc) is 3.54. The van der Waals surface area contributed by atoms with Crippen LogP contribution in [-0.2, 0) is 6.42 Å². The van der Waals surface area contributed by atoms with E-state index < -0.39 is 0 Å². The molecular formula is C21H33IN4O. The predicted octanol–water partition coefficient (Wildman–Crippen LogP) is 3.15. The zero-order valence-corrected chi connectivity index (χ0v) is 19.0. The predicted molar refractivity (Wildman–Crippen MR) is 122 cm³/mol. The average molecular weight is 484 g/mol. The normalized spacial score (nSPS) is 16.7. The SMILES string of the molecule is CN=C(NCCc1cccc(C(=O)N(C)C)c1)NCC(C1CC1)C1CC1.I. The number of rotatable bonds is 8. The quantitative estimate of drug-likeness (QED) is 0.339. The van der Waals surface area contributed by atoms with E-state index in [1.165, 1.54) is 25.7 Å². The van der Waals surface area contributed by atoms with Crippen molar-refractivity contribution in [2.45, 2.75) is 32.1 Å². The summed E-state index contributed by atoms with van der Waals surface area (Å²) in [6, 6.07) is 7.88. The Balaban J connectivity index is 0.00000261. The van der Waals surface area contributed by atoms with Gasteiger partial charge >= 0.3 is 0 Å².